The molecule has 1 fully saturated rings. The number of unbranched alkanes of at least 4 members (excludes halogenated alkanes) is 3. The number of esters is 1. The Bertz CT molecular complexity index is 403. The second-order valence-electron chi connectivity index (χ2n) is 8.50. The predicted octanol–water partition coefficient (Wildman–Crippen LogP) is 5.44. The van der Waals surface area contributed by atoms with Crippen LogP contribution in [0.15, 0.2) is 0 Å². The predicted molar refractivity (Wildman–Crippen MR) is 100 cm³/mol. The summed E-state index contributed by atoms with van der Waals surface area (Å²) in [4.78, 5) is 23.6. The van der Waals surface area contributed by atoms with E-state index >= 15 is 0 Å². The molecule has 1 rings (SSSR count). The fourth-order valence-electron chi connectivity index (χ4n) is 3.65. The first kappa shape index (κ1) is 22.0. The Morgan fingerprint density at radius 3 is 2.12 bits per heavy atom. The molecule has 1 aliphatic carbocycles. The van der Waals surface area contributed by atoms with E-state index in [1.54, 1.807) is 0 Å². The normalized spacial score (nSPS) is 22.2. The van der Waals surface area contributed by atoms with Gasteiger partial charge in [-0.25, -0.2) is 0 Å². The number of hydrogen-bond acceptors (Lipinski definition) is 3. The van der Waals surface area contributed by atoms with Crippen LogP contribution in [0.3, 0.4) is 0 Å². The molecule has 0 aromatic heterocycles. The zero-order valence-electron chi connectivity index (χ0n) is 16.6. The Balaban J connectivity index is 2.35. The first-order valence-electron chi connectivity index (χ1n) is 10.2. The Kier molecular flexibility index (Phi) is 10.1. The maximum Gasteiger partial charge on any atom is 0.309 e. The molecular weight excluding hydrogens is 316 g/mol. The van der Waals surface area contributed by atoms with Crippen molar-refractivity contribution in [3.63, 3.8) is 0 Å². The quantitative estimate of drug-likeness (QED) is 0.396. The highest BCUT2D eigenvalue weighted by molar-refractivity contribution is 5.75. The molecule has 0 aromatic carbocycles. The molecule has 0 radical (unpaired) electrons. The van der Waals surface area contributed by atoms with E-state index in [0.717, 1.165) is 31.6 Å². The Morgan fingerprint density at radius 1 is 0.960 bits per heavy atom. The van der Waals surface area contributed by atoms with E-state index in [9.17, 15) is 14.7 Å². The topological polar surface area (TPSA) is 63.6 Å². The van der Waals surface area contributed by atoms with Gasteiger partial charge in [-0.2, -0.15) is 0 Å². The molecule has 3 atom stereocenters. The van der Waals surface area contributed by atoms with Crippen molar-refractivity contribution in [2.75, 3.05) is 0 Å². The summed E-state index contributed by atoms with van der Waals surface area (Å²) in [5.41, 5.74) is 0. The van der Waals surface area contributed by atoms with Gasteiger partial charge in [-0.15, -0.1) is 0 Å². The summed E-state index contributed by atoms with van der Waals surface area (Å²) >= 11 is 0. The molecule has 0 heterocycles. The molecule has 25 heavy (non-hydrogen) atoms. The largest absolute Gasteiger partial charge is 0.481 e. The summed E-state index contributed by atoms with van der Waals surface area (Å²) in [6.07, 6.45) is 9.67. The minimum Gasteiger partial charge on any atom is -0.481 e. The van der Waals surface area contributed by atoms with Crippen molar-refractivity contribution in [1.29, 1.82) is 0 Å². The van der Waals surface area contributed by atoms with E-state index in [2.05, 4.69) is 27.7 Å². The highest BCUT2D eigenvalue weighted by Crippen LogP contribution is 2.31. The molecule has 3 unspecified atom stereocenters. The monoisotopic (exact) mass is 354 g/mol. The average Bonchev–Trinajstić information content (AvgIpc) is 2.56. The number of hydrogen-bond donors (Lipinski definition) is 1. The van der Waals surface area contributed by atoms with Crippen molar-refractivity contribution in [3.05, 3.63) is 0 Å². The van der Waals surface area contributed by atoms with Crippen LogP contribution in [-0.4, -0.2) is 23.1 Å². The van der Waals surface area contributed by atoms with E-state index in [4.69, 9.17) is 4.74 Å². The molecule has 1 N–H and O–H groups in total. The molecule has 1 saturated carbocycles. The number of carboxylic acids is 1. The second kappa shape index (κ2) is 11.5. The van der Waals surface area contributed by atoms with Gasteiger partial charge in [0, 0.05) is 0 Å². The van der Waals surface area contributed by atoms with Gasteiger partial charge in [-0.3, -0.25) is 9.59 Å². The molecule has 0 spiro atoms. The van der Waals surface area contributed by atoms with Crippen LogP contribution in [0, 0.1) is 23.7 Å². The molecule has 4 nitrogen and oxygen atoms in total. The van der Waals surface area contributed by atoms with Crippen LogP contribution in [0.2, 0.25) is 0 Å². The Hall–Kier alpha value is -1.06. The number of aliphatic carboxylic acids is 1. The molecule has 1 aliphatic rings. The van der Waals surface area contributed by atoms with Crippen LogP contribution in [0.4, 0.5) is 0 Å². The summed E-state index contributed by atoms with van der Waals surface area (Å²) in [7, 11) is 0. The fraction of sp³-hybridized carbons (Fsp3) is 0.905. The van der Waals surface area contributed by atoms with Crippen LogP contribution in [0.1, 0.15) is 91.9 Å². The average molecular weight is 355 g/mol. The number of carboxylic acid groups (broad SMARTS) is 1. The third-order valence-corrected chi connectivity index (χ3v) is 5.39. The van der Waals surface area contributed by atoms with Crippen molar-refractivity contribution in [2.24, 2.45) is 23.7 Å². The van der Waals surface area contributed by atoms with Gasteiger partial charge in [0.1, 0.15) is 6.10 Å². The summed E-state index contributed by atoms with van der Waals surface area (Å²) in [6, 6.07) is 0. The van der Waals surface area contributed by atoms with Crippen LogP contribution in [0.25, 0.3) is 0 Å². The van der Waals surface area contributed by atoms with Gasteiger partial charge < -0.3 is 9.84 Å². The number of carbonyl (C=O) groups is 2. The van der Waals surface area contributed by atoms with E-state index in [-0.39, 0.29) is 23.9 Å². The molecule has 146 valence electrons. The lowest BCUT2D eigenvalue weighted by Gasteiger charge is -2.28. The standard InChI is InChI=1S/C21H38O4/c1-15(2)10-7-5-6-8-13-19(16(3)4)25-21(24)18-12-9-11-17(14-18)20(22)23/h15-19H,5-14H2,1-4H3,(H,22,23). The highest BCUT2D eigenvalue weighted by atomic mass is 16.5. The van der Waals surface area contributed by atoms with Gasteiger partial charge in [0.05, 0.1) is 11.8 Å². The lowest BCUT2D eigenvalue weighted by molar-refractivity contribution is -0.159. The SMILES string of the molecule is CC(C)CCCCCCC(OC(=O)C1CCCC(C(=O)O)C1)C(C)C. The molecular formula is C21H38O4. The van der Waals surface area contributed by atoms with Gasteiger partial charge in [-0.1, -0.05) is 59.8 Å². The van der Waals surface area contributed by atoms with Crippen molar-refractivity contribution >= 4 is 11.9 Å². The van der Waals surface area contributed by atoms with Gasteiger partial charge in [0.2, 0.25) is 0 Å². The minimum absolute atomic E-state index is 0.0391. The van der Waals surface area contributed by atoms with Gasteiger partial charge in [-0.05, 0) is 43.9 Å². The van der Waals surface area contributed by atoms with E-state index in [1.807, 2.05) is 0 Å². The first-order valence-corrected chi connectivity index (χ1v) is 10.2. The molecule has 4 heteroatoms. The molecule has 0 saturated heterocycles. The van der Waals surface area contributed by atoms with Gasteiger partial charge in [0.15, 0.2) is 0 Å². The van der Waals surface area contributed by atoms with E-state index < -0.39 is 5.97 Å². The van der Waals surface area contributed by atoms with Gasteiger partial charge in [0.25, 0.3) is 0 Å². The highest BCUT2D eigenvalue weighted by Gasteiger charge is 2.33. The summed E-state index contributed by atoms with van der Waals surface area (Å²) in [5, 5.41) is 9.18. The summed E-state index contributed by atoms with van der Waals surface area (Å²) in [5.74, 6) is -0.497. The third kappa shape index (κ3) is 8.73. The molecule has 0 bridgehead atoms. The lowest BCUT2D eigenvalue weighted by atomic mass is 9.81. The maximum atomic E-state index is 12.5. The smallest absolute Gasteiger partial charge is 0.309 e. The molecule has 0 amide bonds. The van der Waals surface area contributed by atoms with Gasteiger partial charge >= 0.3 is 11.9 Å². The number of rotatable bonds is 11. The number of ether oxygens (including phenoxy) is 1. The van der Waals surface area contributed by atoms with Crippen LogP contribution in [-0.2, 0) is 14.3 Å². The number of carbonyl (C=O) groups excluding carboxylic acids is 1. The Morgan fingerprint density at radius 2 is 1.56 bits per heavy atom. The van der Waals surface area contributed by atoms with Crippen molar-refractivity contribution in [3.8, 4) is 0 Å². The minimum atomic E-state index is -0.778. The summed E-state index contributed by atoms with van der Waals surface area (Å²) in [6.45, 7) is 8.71. The summed E-state index contributed by atoms with van der Waals surface area (Å²) < 4.78 is 5.79. The fourth-order valence-corrected chi connectivity index (χ4v) is 3.65. The zero-order chi connectivity index (χ0) is 18.8. The van der Waals surface area contributed by atoms with Crippen molar-refractivity contribution < 1.29 is 19.4 Å². The molecule has 0 aliphatic heterocycles. The van der Waals surface area contributed by atoms with Crippen LogP contribution >= 0.6 is 0 Å². The molecule has 0 aromatic rings. The lowest BCUT2D eigenvalue weighted by Crippen LogP contribution is -2.32. The van der Waals surface area contributed by atoms with Crippen molar-refractivity contribution in [1.82, 2.24) is 0 Å². The van der Waals surface area contributed by atoms with E-state index in [1.165, 1.54) is 25.7 Å². The first-order chi connectivity index (χ1) is 11.8. The second-order valence-corrected chi connectivity index (χ2v) is 8.50. The van der Waals surface area contributed by atoms with Crippen LogP contribution < -0.4 is 0 Å². The Labute approximate surface area is 153 Å². The third-order valence-electron chi connectivity index (χ3n) is 5.39. The van der Waals surface area contributed by atoms with E-state index in [0.29, 0.717) is 18.8 Å². The van der Waals surface area contributed by atoms with Crippen LogP contribution in [0.5, 0.6) is 0 Å². The zero-order valence-corrected chi connectivity index (χ0v) is 16.6. The maximum absolute atomic E-state index is 12.5. The van der Waals surface area contributed by atoms with Crippen molar-refractivity contribution in [2.45, 2.75) is 98.0 Å².